The first-order chi connectivity index (χ1) is 29.3. The largest absolute Gasteiger partial charge is 0.456 e. The molecule has 3 heterocycles. The lowest BCUT2D eigenvalue weighted by Crippen LogP contribution is -1.92. The van der Waals surface area contributed by atoms with Crippen LogP contribution < -0.4 is 0 Å². The van der Waals surface area contributed by atoms with Crippen molar-refractivity contribution in [3.63, 3.8) is 0 Å². The zero-order chi connectivity index (χ0) is 38.6. The van der Waals surface area contributed by atoms with E-state index in [0.29, 0.717) is 0 Å². The summed E-state index contributed by atoms with van der Waals surface area (Å²) < 4.78 is 14.5. The minimum absolute atomic E-state index is 0.892. The number of thiophene rings is 1. The molecule has 10 aromatic carbocycles. The van der Waals surface area contributed by atoms with Crippen molar-refractivity contribution in [1.82, 2.24) is 0 Å². The van der Waals surface area contributed by atoms with Crippen molar-refractivity contribution in [3.8, 4) is 43.8 Å². The van der Waals surface area contributed by atoms with Crippen LogP contribution in [0.5, 0.6) is 0 Å². The number of hydrogen-bond acceptors (Lipinski definition) is 3. The maximum atomic E-state index is 7.00. The summed E-state index contributed by atoms with van der Waals surface area (Å²) in [4.78, 5) is 1.25. The first kappa shape index (κ1) is 32.6. The molecule has 0 saturated heterocycles. The van der Waals surface area contributed by atoms with Crippen molar-refractivity contribution in [2.24, 2.45) is 0 Å². The minimum atomic E-state index is 0.892. The molecule has 0 spiro atoms. The van der Waals surface area contributed by atoms with Gasteiger partial charge in [0.1, 0.15) is 16.7 Å². The van der Waals surface area contributed by atoms with Gasteiger partial charge in [0.25, 0.3) is 0 Å². The van der Waals surface area contributed by atoms with Gasteiger partial charge in [0.2, 0.25) is 0 Å². The number of benzene rings is 10. The fourth-order valence-corrected chi connectivity index (χ4v) is 11.2. The predicted molar refractivity (Wildman–Crippen MR) is 251 cm³/mol. The zero-order valence-corrected chi connectivity index (χ0v) is 32.5. The van der Waals surface area contributed by atoms with Gasteiger partial charge in [0, 0.05) is 37.4 Å². The Morgan fingerprint density at radius 1 is 0.288 bits per heavy atom. The Bertz CT molecular complexity index is 3770. The summed E-state index contributed by atoms with van der Waals surface area (Å²) in [5.74, 6) is 0. The Labute approximate surface area is 342 Å². The molecule has 59 heavy (non-hydrogen) atoms. The third-order valence-corrected chi connectivity index (χ3v) is 13.5. The maximum absolute atomic E-state index is 7.00. The Morgan fingerprint density at radius 3 is 1.54 bits per heavy atom. The molecule has 0 amide bonds. The Kier molecular flexibility index (Phi) is 6.92. The van der Waals surface area contributed by atoms with Gasteiger partial charge < -0.3 is 8.83 Å². The van der Waals surface area contributed by atoms with Crippen LogP contribution in [0.2, 0.25) is 0 Å². The highest BCUT2D eigenvalue weighted by Gasteiger charge is 2.24. The van der Waals surface area contributed by atoms with Crippen molar-refractivity contribution in [3.05, 3.63) is 194 Å². The molecular weight excluding hydrogens is 737 g/mol. The van der Waals surface area contributed by atoms with Gasteiger partial charge in [-0.15, -0.1) is 11.3 Å². The molecule has 13 rings (SSSR count). The fourth-order valence-electron chi connectivity index (χ4n) is 9.84. The Balaban J connectivity index is 1.10. The van der Waals surface area contributed by atoms with Crippen LogP contribution in [-0.2, 0) is 0 Å². The summed E-state index contributed by atoms with van der Waals surface area (Å²) in [6.45, 7) is 0. The van der Waals surface area contributed by atoms with Crippen LogP contribution in [0.3, 0.4) is 0 Å². The summed E-state index contributed by atoms with van der Waals surface area (Å²) in [5, 5.41) is 13.1. The molecule has 0 radical (unpaired) electrons. The number of rotatable bonds is 4. The van der Waals surface area contributed by atoms with E-state index in [9.17, 15) is 0 Å². The number of hydrogen-bond donors (Lipinski definition) is 0. The van der Waals surface area contributed by atoms with Gasteiger partial charge in [-0.2, -0.15) is 0 Å². The van der Waals surface area contributed by atoms with E-state index in [-0.39, 0.29) is 0 Å². The summed E-state index contributed by atoms with van der Waals surface area (Å²) >= 11 is 1.83. The summed E-state index contributed by atoms with van der Waals surface area (Å²) in [7, 11) is 0. The first-order valence-corrected chi connectivity index (χ1v) is 20.9. The molecule has 0 N–H and O–H groups in total. The van der Waals surface area contributed by atoms with Crippen molar-refractivity contribution >= 4 is 97.6 Å². The molecule has 0 atom stereocenters. The van der Waals surface area contributed by atoms with Gasteiger partial charge in [-0.25, -0.2) is 0 Å². The van der Waals surface area contributed by atoms with Gasteiger partial charge in [-0.05, 0) is 90.0 Å². The normalized spacial score (nSPS) is 12.1. The lowest BCUT2D eigenvalue weighted by molar-refractivity contribution is 0.669. The van der Waals surface area contributed by atoms with E-state index in [1.807, 2.05) is 17.4 Å². The average Bonchev–Trinajstić information content (AvgIpc) is 4.01. The van der Waals surface area contributed by atoms with Crippen molar-refractivity contribution in [2.75, 3.05) is 0 Å². The van der Waals surface area contributed by atoms with E-state index in [1.54, 1.807) is 0 Å². The molecule has 3 aromatic heterocycles. The second-order valence-corrected chi connectivity index (χ2v) is 16.4. The number of fused-ring (bicyclic) bond motifs is 12. The molecule has 274 valence electrons. The minimum Gasteiger partial charge on any atom is -0.456 e. The van der Waals surface area contributed by atoms with E-state index in [0.717, 1.165) is 43.9 Å². The van der Waals surface area contributed by atoms with Crippen LogP contribution in [-0.4, -0.2) is 0 Å². The molecule has 2 nitrogen and oxygen atoms in total. The molecule has 0 aliphatic rings. The van der Waals surface area contributed by atoms with Crippen LogP contribution in [0, 0.1) is 0 Å². The van der Waals surface area contributed by atoms with Gasteiger partial charge in [0.15, 0.2) is 5.58 Å². The lowest BCUT2D eigenvalue weighted by atomic mass is 9.83. The number of furan rings is 2. The highest BCUT2D eigenvalue weighted by molar-refractivity contribution is 7.24. The van der Waals surface area contributed by atoms with E-state index in [2.05, 4.69) is 188 Å². The maximum Gasteiger partial charge on any atom is 0.153 e. The Hall–Kier alpha value is -7.46. The van der Waals surface area contributed by atoms with Crippen LogP contribution in [0.15, 0.2) is 203 Å². The predicted octanol–water partition coefficient (Wildman–Crippen LogP) is 16.8. The molecule has 0 unspecified atom stereocenters. The number of para-hydroxylation sites is 1. The lowest BCUT2D eigenvalue weighted by Gasteiger charge is -2.19. The van der Waals surface area contributed by atoms with Gasteiger partial charge in [0.05, 0.1) is 4.70 Å². The highest BCUT2D eigenvalue weighted by atomic mass is 32.1. The van der Waals surface area contributed by atoms with Crippen molar-refractivity contribution in [1.29, 1.82) is 0 Å². The summed E-state index contributed by atoms with van der Waals surface area (Å²) in [6, 6.07) is 70.0. The molecule has 0 saturated carbocycles. The zero-order valence-electron chi connectivity index (χ0n) is 31.7. The second kappa shape index (κ2) is 12.5. The van der Waals surface area contributed by atoms with Crippen molar-refractivity contribution in [2.45, 2.75) is 0 Å². The highest BCUT2D eigenvalue weighted by Crippen LogP contribution is 2.52. The molecule has 13 aromatic rings. The second-order valence-electron chi connectivity index (χ2n) is 15.4. The van der Waals surface area contributed by atoms with Gasteiger partial charge in [-0.1, -0.05) is 170 Å². The molecule has 0 aliphatic carbocycles. The van der Waals surface area contributed by atoms with Gasteiger partial charge in [-0.3, -0.25) is 0 Å². The fraction of sp³-hybridized carbons (Fsp3) is 0. The molecule has 0 aliphatic heterocycles. The topological polar surface area (TPSA) is 26.3 Å². The standard InChI is InChI=1S/C56H32O2S/c1-3-15-33(16-4-1)49-45-30-29-44-53-43(26-14-28-47(53)58-54(44)56(45)59-55(49)34-17-5-2-6-18-34)51-40-21-9-7-19-38(40)50(39-20-8-10-22-41(39)51)36-24-13-25-37-35(36)31-32-48-52(37)42-23-11-12-27-46(42)57-48/h1-32H. The van der Waals surface area contributed by atoms with Crippen LogP contribution in [0.1, 0.15) is 0 Å². The summed E-state index contributed by atoms with van der Waals surface area (Å²) in [6.07, 6.45) is 0. The smallest absolute Gasteiger partial charge is 0.153 e. The molecule has 0 bridgehead atoms. The summed E-state index contributed by atoms with van der Waals surface area (Å²) in [5.41, 5.74) is 12.2. The van der Waals surface area contributed by atoms with E-state index in [1.165, 1.54) is 86.2 Å². The van der Waals surface area contributed by atoms with Crippen molar-refractivity contribution < 1.29 is 8.83 Å². The van der Waals surface area contributed by atoms with E-state index >= 15 is 0 Å². The molecule has 3 heteroatoms. The SMILES string of the molecule is c1ccc(-c2sc3c(ccc4c3oc3cccc(-c5c6ccccc6c(-c6cccc7c6ccc6oc8ccccc8c67)c6ccccc56)c34)c2-c2ccccc2)cc1. The Morgan fingerprint density at radius 2 is 0.814 bits per heavy atom. The molecular formula is C56H32O2S. The van der Waals surface area contributed by atoms with E-state index in [4.69, 9.17) is 8.83 Å². The first-order valence-electron chi connectivity index (χ1n) is 20.1. The quantitative estimate of drug-likeness (QED) is 0.167. The van der Waals surface area contributed by atoms with Crippen LogP contribution in [0.25, 0.3) is 130 Å². The third-order valence-electron chi connectivity index (χ3n) is 12.3. The van der Waals surface area contributed by atoms with Gasteiger partial charge >= 0.3 is 0 Å². The van der Waals surface area contributed by atoms with Crippen LogP contribution >= 0.6 is 11.3 Å². The van der Waals surface area contributed by atoms with E-state index < -0.39 is 0 Å². The average molecular weight is 769 g/mol. The third kappa shape index (κ3) is 4.68. The monoisotopic (exact) mass is 768 g/mol. The molecule has 0 fully saturated rings. The van der Waals surface area contributed by atoms with Crippen LogP contribution in [0.4, 0.5) is 0 Å².